The zero-order valence-electron chi connectivity index (χ0n) is 18.0. The van der Waals surface area contributed by atoms with Gasteiger partial charge in [0.05, 0.1) is 5.75 Å². The second-order valence-corrected chi connectivity index (χ2v) is 9.06. The molecule has 0 unspecified atom stereocenters. The predicted molar refractivity (Wildman–Crippen MR) is 131 cm³/mol. The fourth-order valence-corrected chi connectivity index (χ4v) is 5.05. The van der Waals surface area contributed by atoms with E-state index in [0.29, 0.717) is 5.75 Å². The third-order valence-electron chi connectivity index (χ3n) is 5.83. The summed E-state index contributed by atoms with van der Waals surface area (Å²) in [6.07, 6.45) is 2.52. The maximum absolute atomic E-state index is 12.6. The van der Waals surface area contributed by atoms with E-state index in [2.05, 4.69) is 68.3 Å². The fraction of sp³-hybridized carbons (Fsp3) is 0.231. The molecule has 0 atom stereocenters. The Labute approximate surface area is 192 Å². The van der Waals surface area contributed by atoms with Crippen LogP contribution in [0.3, 0.4) is 0 Å². The first kappa shape index (κ1) is 20.6. The smallest absolute Gasteiger partial charge is 0.317 e. The van der Waals surface area contributed by atoms with Crippen LogP contribution in [-0.2, 0) is 11.3 Å². The number of H-pyrrole nitrogens is 1. The second-order valence-electron chi connectivity index (χ2n) is 8.10. The third kappa shape index (κ3) is 4.65. The normalized spacial score (nSPS) is 13.6. The summed E-state index contributed by atoms with van der Waals surface area (Å²) in [7, 11) is 0. The molecule has 1 amide bonds. The van der Waals surface area contributed by atoms with Gasteiger partial charge in [0.1, 0.15) is 6.54 Å². The van der Waals surface area contributed by atoms with Crippen LogP contribution in [0.4, 0.5) is 11.4 Å². The van der Waals surface area contributed by atoms with Gasteiger partial charge in [-0.15, -0.1) is 0 Å². The lowest BCUT2D eigenvalue weighted by Gasteiger charge is -2.17. The Kier molecular flexibility index (Phi) is 6.12. The molecule has 1 aliphatic rings. The maximum Gasteiger partial charge on any atom is 0.317 e. The van der Waals surface area contributed by atoms with Crippen molar-refractivity contribution in [2.24, 2.45) is 0 Å². The third-order valence-corrected chi connectivity index (χ3v) is 6.83. The number of aromatic amines is 1. The number of hydrogen-bond acceptors (Lipinski definition) is 3. The Morgan fingerprint density at radius 2 is 1.66 bits per heavy atom. The van der Waals surface area contributed by atoms with E-state index in [4.69, 9.17) is 0 Å². The number of benzene rings is 3. The van der Waals surface area contributed by atoms with E-state index in [-0.39, 0.29) is 5.91 Å². The number of hydrogen-bond donors (Lipinski definition) is 2. The van der Waals surface area contributed by atoms with Crippen molar-refractivity contribution in [3.63, 3.8) is 0 Å². The van der Waals surface area contributed by atoms with Gasteiger partial charge in [-0.2, -0.15) is 0 Å². The van der Waals surface area contributed by atoms with E-state index < -0.39 is 0 Å². The molecule has 1 aliphatic heterocycles. The maximum atomic E-state index is 12.6. The van der Waals surface area contributed by atoms with Gasteiger partial charge in [0.15, 0.2) is 11.0 Å². The molecule has 0 saturated carbocycles. The largest absolute Gasteiger partial charge is 0.372 e. The van der Waals surface area contributed by atoms with Crippen molar-refractivity contribution in [3.8, 4) is 0 Å². The average Bonchev–Trinajstić information content (AvgIpc) is 3.48. The van der Waals surface area contributed by atoms with E-state index in [0.717, 1.165) is 41.5 Å². The molecule has 32 heavy (non-hydrogen) atoms. The van der Waals surface area contributed by atoms with E-state index in [9.17, 15) is 4.79 Å². The lowest BCUT2D eigenvalue weighted by Crippen LogP contribution is -2.35. The molecule has 0 spiro atoms. The molecule has 5 nitrogen and oxygen atoms in total. The SMILES string of the molecule is O=C(CSc1[nH]c2ccccc2[n+]1Cc1ccccc1)Nc1ccc(N2CCCC2)cc1. The fourth-order valence-electron chi connectivity index (χ4n) is 4.21. The number of rotatable bonds is 7. The van der Waals surface area contributed by atoms with Gasteiger partial charge in [0, 0.05) is 24.5 Å². The lowest BCUT2D eigenvalue weighted by molar-refractivity contribution is -0.700. The number of aromatic nitrogens is 2. The lowest BCUT2D eigenvalue weighted by atomic mass is 10.2. The number of anilines is 2. The summed E-state index contributed by atoms with van der Waals surface area (Å²) >= 11 is 1.53. The molecule has 1 saturated heterocycles. The highest BCUT2D eigenvalue weighted by Crippen LogP contribution is 2.23. The number of thioether (sulfide) groups is 1. The quantitative estimate of drug-likeness (QED) is 0.318. The topological polar surface area (TPSA) is 52.0 Å². The molecule has 3 aromatic carbocycles. The molecule has 1 aromatic heterocycles. The van der Waals surface area contributed by atoms with Crippen LogP contribution >= 0.6 is 11.8 Å². The number of nitrogens with one attached hydrogen (secondary N) is 2. The Balaban J connectivity index is 1.26. The molecule has 0 bridgehead atoms. The van der Waals surface area contributed by atoms with Gasteiger partial charge in [-0.3, -0.25) is 4.79 Å². The van der Waals surface area contributed by atoms with Gasteiger partial charge in [-0.25, -0.2) is 9.55 Å². The second kappa shape index (κ2) is 9.49. The summed E-state index contributed by atoms with van der Waals surface area (Å²) in [5.41, 5.74) is 5.51. The molecule has 2 heterocycles. The van der Waals surface area contributed by atoms with Crippen molar-refractivity contribution < 1.29 is 9.36 Å². The van der Waals surface area contributed by atoms with E-state index in [1.807, 2.05) is 30.3 Å². The Morgan fingerprint density at radius 3 is 2.44 bits per heavy atom. The van der Waals surface area contributed by atoms with Crippen LogP contribution in [0.2, 0.25) is 0 Å². The number of nitrogens with zero attached hydrogens (tertiary/aromatic N) is 2. The number of amides is 1. The number of para-hydroxylation sites is 2. The first-order valence-corrected chi connectivity index (χ1v) is 12.1. The minimum Gasteiger partial charge on any atom is -0.372 e. The Morgan fingerprint density at radius 1 is 0.938 bits per heavy atom. The number of imidazole rings is 1. The highest BCUT2D eigenvalue weighted by Gasteiger charge is 2.20. The van der Waals surface area contributed by atoms with Gasteiger partial charge in [-0.1, -0.05) is 42.5 Å². The van der Waals surface area contributed by atoms with E-state index >= 15 is 0 Å². The minimum absolute atomic E-state index is 0.00570. The van der Waals surface area contributed by atoms with Crippen molar-refractivity contribution in [2.45, 2.75) is 24.5 Å². The molecule has 0 radical (unpaired) electrons. The van der Waals surface area contributed by atoms with Gasteiger partial charge >= 0.3 is 5.16 Å². The highest BCUT2D eigenvalue weighted by atomic mass is 32.2. The van der Waals surface area contributed by atoms with Crippen LogP contribution in [0, 0.1) is 0 Å². The zero-order valence-corrected chi connectivity index (χ0v) is 18.8. The van der Waals surface area contributed by atoms with Gasteiger partial charge in [0.25, 0.3) is 0 Å². The predicted octanol–water partition coefficient (Wildman–Crippen LogP) is 4.83. The van der Waals surface area contributed by atoms with Gasteiger partial charge in [0.2, 0.25) is 5.91 Å². The van der Waals surface area contributed by atoms with Crippen molar-refractivity contribution in [1.29, 1.82) is 0 Å². The van der Waals surface area contributed by atoms with Crippen molar-refractivity contribution in [2.75, 3.05) is 29.1 Å². The van der Waals surface area contributed by atoms with Crippen LogP contribution in [0.5, 0.6) is 0 Å². The first-order chi connectivity index (χ1) is 15.8. The van der Waals surface area contributed by atoms with Crippen molar-refractivity contribution in [3.05, 3.63) is 84.4 Å². The van der Waals surface area contributed by atoms with Gasteiger partial charge < -0.3 is 10.2 Å². The summed E-state index contributed by atoms with van der Waals surface area (Å²) in [5, 5.41) is 4.01. The molecule has 5 rings (SSSR count). The van der Waals surface area contributed by atoms with E-state index in [1.165, 1.54) is 35.9 Å². The van der Waals surface area contributed by atoms with Crippen LogP contribution in [-0.4, -0.2) is 29.7 Å². The summed E-state index contributed by atoms with van der Waals surface area (Å²) in [6, 6.07) is 26.8. The minimum atomic E-state index is -0.00570. The standard InChI is InChI=1S/C26H26N4OS/c31-25(27-21-12-14-22(15-13-21)29-16-6-7-17-29)19-32-26-28-23-10-4-5-11-24(23)30(26)18-20-8-2-1-3-9-20/h1-5,8-15H,6-7,16-19H2,(H,27,31)/p+1. The molecule has 0 aliphatic carbocycles. The molecule has 6 heteroatoms. The molecule has 1 fully saturated rings. The van der Waals surface area contributed by atoms with Crippen molar-refractivity contribution >= 4 is 40.1 Å². The average molecular weight is 444 g/mol. The first-order valence-electron chi connectivity index (χ1n) is 11.1. The van der Waals surface area contributed by atoms with Crippen LogP contribution in [0.15, 0.2) is 84.0 Å². The van der Waals surface area contributed by atoms with Crippen molar-refractivity contribution in [1.82, 2.24) is 4.98 Å². The zero-order chi connectivity index (χ0) is 21.8. The number of carbonyl (C=O) groups excluding carboxylic acids is 1. The summed E-state index contributed by atoms with van der Waals surface area (Å²) < 4.78 is 2.24. The Bertz CT molecular complexity index is 1200. The Hall–Kier alpha value is -3.25. The monoisotopic (exact) mass is 443 g/mol. The molecule has 2 N–H and O–H groups in total. The summed E-state index contributed by atoms with van der Waals surface area (Å²) in [6.45, 7) is 3.00. The molecular formula is C26H27N4OS+. The molecule has 162 valence electrons. The number of carbonyl (C=O) groups is 1. The van der Waals surface area contributed by atoms with Crippen LogP contribution in [0.1, 0.15) is 18.4 Å². The van der Waals surface area contributed by atoms with E-state index in [1.54, 1.807) is 0 Å². The summed E-state index contributed by atoms with van der Waals surface area (Å²) in [4.78, 5) is 18.5. The molecular weight excluding hydrogens is 416 g/mol. The van der Waals surface area contributed by atoms with Gasteiger partial charge in [-0.05, 0) is 66.6 Å². The number of fused-ring (bicyclic) bond motifs is 1. The highest BCUT2D eigenvalue weighted by molar-refractivity contribution is 7.99. The molecule has 4 aromatic rings. The summed E-state index contributed by atoms with van der Waals surface area (Å²) in [5.74, 6) is 0.337. The van der Waals surface area contributed by atoms with Crippen LogP contribution < -0.4 is 14.8 Å². The van der Waals surface area contributed by atoms with Crippen LogP contribution in [0.25, 0.3) is 11.0 Å².